The largest absolute Gasteiger partial charge is 0.478 e. The zero-order valence-corrected chi connectivity index (χ0v) is 22.2. The number of carbonyl (C=O) groups is 4. The maximum atomic E-state index is 10.8. The highest BCUT2D eigenvalue weighted by atomic mass is 16.5. The van der Waals surface area contributed by atoms with Gasteiger partial charge in [0.1, 0.15) is 6.61 Å². The van der Waals surface area contributed by atoms with E-state index in [0.717, 1.165) is 12.8 Å². The van der Waals surface area contributed by atoms with Crippen molar-refractivity contribution < 1.29 is 43.6 Å². The van der Waals surface area contributed by atoms with Gasteiger partial charge < -0.3 is 24.4 Å². The van der Waals surface area contributed by atoms with Crippen LogP contribution >= 0.6 is 0 Å². The molecule has 0 aromatic heterocycles. The minimum Gasteiger partial charge on any atom is -0.478 e. The summed E-state index contributed by atoms with van der Waals surface area (Å²) in [6.07, 6.45) is 5.85. The number of hydrogen-bond donors (Lipinski definition) is 2. The maximum Gasteiger partial charge on any atom is 0.333 e. The van der Waals surface area contributed by atoms with E-state index in [1.165, 1.54) is 33.0 Å². The Morgan fingerprint density at radius 3 is 1.66 bits per heavy atom. The zero-order chi connectivity index (χ0) is 28.4. The summed E-state index contributed by atoms with van der Waals surface area (Å²) in [5, 5.41) is 16.1. The Balaban J connectivity index is -0.000000192. The van der Waals surface area contributed by atoms with Crippen LogP contribution in [-0.2, 0) is 33.4 Å². The minimum absolute atomic E-state index is 0.0473. The first-order chi connectivity index (χ1) is 16.2. The summed E-state index contributed by atoms with van der Waals surface area (Å²) in [5.74, 6) is -1.53. The quantitative estimate of drug-likeness (QED) is 0.227. The van der Waals surface area contributed by atoms with Crippen LogP contribution in [0.4, 0.5) is 0 Å². The SMILES string of the molecule is C=C(C)C(=O)O.C=C(C)C(=O)OC.C=C(C)C(=O)OCCO.C=CC(=O)OCC(CC)CCCC. The molecule has 0 aromatic rings. The molecule has 1 atom stereocenters. The monoisotopic (exact) mass is 500 g/mol. The maximum absolute atomic E-state index is 10.8. The van der Waals surface area contributed by atoms with E-state index in [2.05, 4.69) is 49.6 Å². The molecule has 0 heterocycles. The average molecular weight is 501 g/mol. The molecule has 9 nitrogen and oxygen atoms in total. The van der Waals surface area contributed by atoms with Gasteiger partial charge in [-0.3, -0.25) is 0 Å². The average Bonchev–Trinajstić information content (AvgIpc) is 2.82. The second kappa shape index (κ2) is 27.0. The number of carboxylic acid groups (broad SMARTS) is 1. The standard InChI is InChI=1S/C11H20O2.C6H10O3.C5H8O2.C4H6O2/c1-4-7-8-10(5-2)9-13-11(12)6-3;1-5(2)6(8)9-4-3-7;1-4(2)5(6)7-3;1-3(2)4(5)6/h6,10H,3-5,7-9H2,1-2H3;7H,1,3-4H2,2H3;1H2,2-3H3;1H2,2H3,(H,5,6). The van der Waals surface area contributed by atoms with Crippen LogP contribution in [0.5, 0.6) is 0 Å². The summed E-state index contributed by atoms with van der Waals surface area (Å²) in [5.41, 5.74) is 0.959. The van der Waals surface area contributed by atoms with E-state index in [9.17, 15) is 19.2 Å². The lowest BCUT2D eigenvalue weighted by Gasteiger charge is -2.13. The van der Waals surface area contributed by atoms with E-state index in [1.807, 2.05) is 0 Å². The molecule has 0 saturated carbocycles. The van der Waals surface area contributed by atoms with Gasteiger partial charge in [-0.25, -0.2) is 19.2 Å². The topological polar surface area (TPSA) is 136 Å². The number of hydrogen-bond acceptors (Lipinski definition) is 8. The van der Waals surface area contributed by atoms with Crippen molar-refractivity contribution in [2.45, 2.75) is 60.3 Å². The van der Waals surface area contributed by atoms with E-state index in [4.69, 9.17) is 14.9 Å². The van der Waals surface area contributed by atoms with E-state index >= 15 is 0 Å². The van der Waals surface area contributed by atoms with Crippen molar-refractivity contribution >= 4 is 23.9 Å². The smallest absolute Gasteiger partial charge is 0.333 e. The number of rotatable bonds is 12. The van der Waals surface area contributed by atoms with Crippen LogP contribution in [0.2, 0.25) is 0 Å². The zero-order valence-electron chi connectivity index (χ0n) is 22.2. The summed E-state index contributed by atoms with van der Waals surface area (Å²) >= 11 is 0. The normalized spacial score (nSPS) is 9.57. The molecule has 2 N–H and O–H groups in total. The Morgan fingerprint density at radius 2 is 1.40 bits per heavy atom. The van der Waals surface area contributed by atoms with Crippen LogP contribution in [0.3, 0.4) is 0 Å². The summed E-state index contributed by atoms with van der Waals surface area (Å²) in [6, 6.07) is 0. The number of aliphatic hydroxyl groups excluding tert-OH is 1. The molecular weight excluding hydrogens is 456 g/mol. The van der Waals surface area contributed by atoms with E-state index < -0.39 is 11.9 Å². The molecule has 9 heteroatoms. The van der Waals surface area contributed by atoms with E-state index in [0.29, 0.717) is 23.7 Å². The molecule has 0 aromatic carbocycles. The third-order valence-electron chi connectivity index (χ3n) is 3.74. The van der Waals surface area contributed by atoms with Crippen LogP contribution in [0, 0.1) is 5.92 Å². The van der Waals surface area contributed by atoms with Crippen molar-refractivity contribution in [3.05, 3.63) is 49.1 Å². The molecule has 0 saturated heterocycles. The Bertz CT molecular complexity index is 666. The van der Waals surface area contributed by atoms with E-state index in [-0.39, 0.29) is 30.7 Å². The van der Waals surface area contributed by atoms with Gasteiger partial charge in [0.05, 0.1) is 20.3 Å². The lowest BCUT2D eigenvalue weighted by Crippen LogP contribution is -2.12. The lowest BCUT2D eigenvalue weighted by molar-refractivity contribution is -0.140. The van der Waals surface area contributed by atoms with Crippen LogP contribution in [0.15, 0.2) is 49.1 Å². The molecule has 0 aliphatic heterocycles. The number of aliphatic carboxylic acids is 1. The molecule has 0 bridgehead atoms. The fourth-order valence-corrected chi connectivity index (χ4v) is 1.59. The molecule has 0 fully saturated rings. The Kier molecular flexibility index (Phi) is 30.2. The van der Waals surface area contributed by atoms with Gasteiger partial charge in [-0.15, -0.1) is 0 Å². The number of esters is 3. The summed E-state index contributed by atoms with van der Waals surface area (Å²) in [4.78, 5) is 41.0. The third-order valence-corrected chi connectivity index (χ3v) is 3.74. The summed E-state index contributed by atoms with van der Waals surface area (Å²) in [7, 11) is 1.33. The molecular formula is C26H44O9. The molecule has 0 aliphatic rings. The molecule has 0 aliphatic carbocycles. The minimum atomic E-state index is -0.935. The highest BCUT2D eigenvalue weighted by molar-refractivity contribution is 5.87. The van der Waals surface area contributed by atoms with Crippen molar-refractivity contribution in [3.8, 4) is 0 Å². The molecule has 0 amide bonds. The van der Waals surface area contributed by atoms with Gasteiger partial charge in [-0.05, 0) is 33.1 Å². The third kappa shape index (κ3) is 33.1. The van der Waals surface area contributed by atoms with Gasteiger partial charge >= 0.3 is 23.9 Å². The van der Waals surface area contributed by atoms with Gasteiger partial charge in [0.25, 0.3) is 0 Å². The first kappa shape index (κ1) is 39.0. The Hall–Kier alpha value is -3.20. The second-order valence-electron chi connectivity index (χ2n) is 7.25. The van der Waals surface area contributed by atoms with Crippen molar-refractivity contribution in [2.24, 2.45) is 5.92 Å². The van der Waals surface area contributed by atoms with Crippen LogP contribution < -0.4 is 0 Å². The first-order valence-corrected chi connectivity index (χ1v) is 11.1. The number of carbonyl (C=O) groups excluding carboxylic acids is 3. The second-order valence-corrected chi connectivity index (χ2v) is 7.25. The predicted octanol–water partition coefficient (Wildman–Crippen LogP) is 4.41. The summed E-state index contributed by atoms with van der Waals surface area (Å²) < 4.78 is 13.7. The van der Waals surface area contributed by atoms with E-state index in [1.54, 1.807) is 13.8 Å². The predicted molar refractivity (Wildman–Crippen MR) is 137 cm³/mol. The fraction of sp³-hybridized carbons (Fsp3) is 0.538. The first-order valence-electron chi connectivity index (χ1n) is 11.1. The van der Waals surface area contributed by atoms with Gasteiger partial charge in [0.2, 0.25) is 0 Å². The summed E-state index contributed by atoms with van der Waals surface area (Å²) in [6.45, 7) is 22.6. The molecule has 0 spiro atoms. The highest BCUT2D eigenvalue weighted by Crippen LogP contribution is 2.12. The number of carboxylic acids is 1. The molecule has 0 radical (unpaired) electrons. The van der Waals surface area contributed by atoms with Gasteiger partial charge in [0, 0.05) is 22.8 Å². The number of methoxy groups -OCH3 is 1. The van der Waals surface area contributed by atoms with Gasteiger partial charge in [-0.1, -0.05) is 59.4 Å². The van der Waals surface area contributed by atoms with Crippen molar-refractivity contribution in [2.75, 3.05) is 26.9 Å². The van der Waals surface area contributed by atoms with Crippen molar-refractivity contribution in [1.29, 1.82) is 0 Å². The molecule has 1 unspecified atom stereocenters. The highest BCUT2D eigenvalue weighted by Gasteiger charge is 2.07. The number of aliphatic hydroxyl groups is 1. The van der Waals surface area contributed by atoms with Gasteiger partial charge in [-0.2, -0.15) is 0 Å². The molecule has 0 rings (SSSR count). The van der Waals surface area contributed by atoms with Crippen molar-refractivity contribution in [3.63, 3.8) is 0 Å². The van der Waals surface area contributed by atoms with Crippen LogP contribution in [-0.4, -0.2) is 61.0 Å². The molecule has 202 valence electrons. The fourth-order valence-electron chi connectivity index (χ4n) is 1.59. The number of ether oxygens (including phenoxy) is 3. The molecule has 35 heavy (non-hydrogen) atoms. The van der Waals surface area contributed by atoms with Crippen molar-refractivity contribution in [1.82, 2.24) is 0 Å². The van der Waals surface area contributed by atoms with Crippen LogP contribution in [0.1, 0.15) is 60.3 Å². The van der Waals surface area contributed by atoms with Gasteiger partial charge in [0.15, 0.2) is 0 Å². The number of unbranched alkanes of at least 4 members (excludes halogenated alkanes) is 1. The lowest BCUT2D eigenvalue weighted by atomic mass is 10.0. The van der Waals surface area contributed by atoms with Crippen LogP contribution in [0.25, 0.3) is 0 Å². The Morgan fingerprint density at radius 1 is 0.914 bits per heavy atom. The Labute approximate surface area is 210 Å².